The standard InChI is InChI=1S/C16H12FNO/c1-11-15-8-7-14(17)9-13(15)10-16(18(11)19)12-5-3-2-4-6-12/h2-10H,1H3. The van der Waals surface area contributed by atoms with Crippen molar-refractivity contribution in [3.8, 4) is 11.3 Å². The number of fused-ring (bicyclic) bond motifs is 1. The zero-order chi connectivity index (χ0) is 13.4. The van der Waals surface area contributed by atoms with Gasteiger partial charge in [-0.05, 0) is 35.7 Å². The van der Waals surface area contributed by atoms with Gasteiger partial charge in [0.1, 0.15) is 5.82 Å². The van der Waals surface area contributed by atoms with Gasteiger partial charge in [-0.2, -0.15) is 4.73 Å². The van der Waals surface area contributed by atoms with Gasteiger partial charge in [-0.25, -0.2) is 4.39 Å². The molecule has 0 unspecified atom stereocenters. The van der Waals surface area contributed by atoms with Gasteiger partial charge in [0.2, 0.25) is 5.69 Å². The number of aromatic nitrogens is 1. The molecule has 0 spiro atoms. The minimum absolute atomic E-state index is 0.297. The van der Waals surface area contributed by atoms with Gasteiger partial charge in [-0.3, -0.25) is 0 Å². The van der Waals surface area contributed by atoms with Crippen LogP contribution in [0.25, 0.3) is 22.0 Å². The predicted molar refractivity (Wildman–Crippen MR) is 73.0 cm³/mol. The molecule has 0 aliphatic rings. The van der Waals surface area contributed by atoms with Crippen LogP contribution in [-0.2, 0) is 0 Å². The van der Waals surface area contributed by atoms with Crippen molar-refractivity contribution in [1.82, 2.24) is 0 Å². The Morgan fingerprint density at radius 1 is 1.00 bits per heavy atom. The summed E-state index contributed by atoms with van der Waals surface area (Å²) in [5, 5.41) is 13.8. The summed E-state index contributed by atoms with van der Waals surface area (Å²) in [6.45, 7) is 1.75. The second-order valence-corrected chi connectivity index (χ2v) is 4.51. The first kappa shape index (κ1) is 11.7. The average molecular weight is 253 g/mol. The molecule has 0 saturated carbocycles. The lowest BCUT2D eigenvalue weighted by Crippen LogP contribution is -2.33. The normalized spacial score (nSPS) is 10.8. The summed E-state index contributed by atoms with van der Waals surface area (Å²) >= 11 is 0. The molecule has 0 fully saturated rings. The van der Waals surface area contributed by atoms with Crippen LogP contribution in [0.4, 0.5) is 4.39 Å². The van der Waals surface area contributed by atoms with E-state index in [1.165, 1.54) is 12.1 Å². The molecular weight excluding hydrogens is 241 g/mol. The Morgan fingerprint density at radius 2 is 1.74 bits per heavy atom. The van der Waals surface area contributed by atoms with Crippen LogP contribution in [0.1, 0.15) is 5.69 Å². The summed E-state index contributed by atoms with van der Waals surface area (Å²) in [6, 6.07) is 15.6. The number of rotatable bonds is 1. The summed E-state index contributed by atoms with van der Waals surface area (Å²) in [5.41, 5.74) is 1.94. The van der Waals surface area contributed by atoms with Crippen molar-refractivity contribution in [2.24, 2.45) is 0 Å². The lowest BCUT2D eigenvalue weighted by atomic mass is 10.0. The number of benzene rings is 2. The fraction of sp³-hybridized carbons (Fsp3) is 0.0625. The highest BCUT2D eigenvalue weighted by atomic mass is 19.1. The van der Waals surface area contributed by atoms with Gasteiger partial charge < -0.3 is 5.21 Å². The Hall–Kier alpha value is -2.42. The fourth-order valence-electron chi connectivity index (χ4n) is 2.29. The molecule has 0 bridgehead atoms. The molecule has 0 aliphatic carbocycles. The van der Waals surface area contributed by atoms with Crippen LogP contribution in [0, 0.1) is 17.9 Å². The molecule has 3 heteroatoms. The highest BCUT2D eigenvalue weighted by Gasteiger charge is 2.15. The lowest BCUT2D eigenvalue weighted by Gasteiger charge is -2.10. The fourth-order valence-corrected chi connectivity index (χ4v) is 2.29. The molecule has 1 aromatic heterocycles. The number of hydrogen-bond acceptors (Lipinski definition) is 1. The van der Waals surface area contributed by atoms with E-state index in [1.807, 2.05) is 30.3 Å². The third-order valence-electron chi connectivity index (χ3n) is 3.29. The van der Waals surface area contributed by atoms with E-state index >= 15 is 0 Å². The molecule has 0 atom stereocenters. The van der Waals surface area contributed by atoms with Crippen molar-refractivity contribution >= 4 is 10.8 Å². The molecule has 0 aliphatic heterocycles. The Bertz CT molecular complexity index is 754. The van der Waals surface area contributed by atoms with Crippen molar-refractivity contribution in [3.05, 3.63) is 71.3 Å². The minimum Gasteiger partial charge on any atom is -0.618 e. The van der Waals surface area contributed by atoms with Gasteiger partial charge >= 0.3 is 0 Å². The van der Waals surface area contributed by atoms with Gasteiger partial charge in [-0.15, -0.1) is 0 Å². The molecule has 0 N–H and O–H groups in total. The zero-order valence-electron chi connectivity index (χ0n) is 10.4. The number of aryl methyl sites for hydroxylation is 1. The van der Waals surface area contributed by atoms with Gasteiger partial charge in [0, 0.05) is 18.6 Å². The summed E-state index contributed by atoms with van der Waals surface area (Å²) in [7, 11) is 0. The van der Waals surface area contributed by atoms with E-state index in [4.69, 9.17) is 0 Å². The van der Waals surface area contributed by atoms with Crippen LogP contribution in [0.2, 0.25) is 0 Å². The van der Waals surface area contributed by atoms with Crippen LogP contribution in [0.3, 0.4) is 0 Å². The second-order valence-electron chi connectivity index (χ2n) is 4.51. The molecule has 3 rings (SSSR count). The number of nitrogens with zero attached hydrogens (tertiary/aromatic N) is 1. The highest BCUT2D eigenvalue weighted by Crippen LogP contribution is 2.23. The maximum Gasteiger partial charge on any atom is 0.224 e. The molecule has 19 heavy (non-hydrogen) atoms. The maximum absolute atomic E-state index is 13.3. The van der Waals surface area contributed by atoms with E-state index < -0.39 is 0 Å². The van der Waals surface area contributed by atoms with E-state index in [-0.39, 0.29) is 5.82 Å². The van der Waals surface area contributed by atoms with E-state index in [0.717, 1.165) is 21.1 Å². The topological polar surface area (TPSA) is 26.9 Å². The predicted octanol–water partition coefficient (Wildman–Crippen LogP) is 3.59. The van der Waals surface area contributed by atoms with Gasteiger partial charge in [0.05, 0.1) is 5.39 Å². The smallest absolute Gasteiger partial charge is 0.224 e. The van der Waals surface area contributed by atoms with Gasteiger partial charge in [0.15, 0.2) is 5.69 Å². The number of hydrogen-bond donors (Lipinski definition) is 0. The van der Waals surface area contributed by atoms with Crippen molar-refractivity contribution < 1.29 is 9.12 Å². The molecule has 94 valence electrons. The average Bonchev–Trinajstić information content (AvgIpc) is 2.43. The molecule has 0 saturated heterocycles. The molecule has 1 heterocycles. The number of halogens is 1. The SMILES string of the molecule is Cc1c2ccc(F)cc2cc(-c2ccccc2)[n+]1[O-]. The third-order valence-corrected chi connectivity index (χ3v) is 3.29. The molecular formula is C16H12FNO. The molecule has 0 amide bonds. The zero-order valence-corrected chi connectivity index (χ0v) is 10.4. The van der Waals surface area contributed by atoms with Crippen molar-refractivity contribution in [2.45, 2.75) is 6.92 Å². The first-order valence-corrected chi connectivity index (χ1v) is 6.04. The van der Waals surface area contributed by atoms with Gasteiger partial charge in [0.25, 0.3) is 0 Å². The largest absolute Gasteiger partial charge is 0.618 e. The Morgan fingerprint density at radius 3 is 2.47 bits per heavy atom. The maximum atomic E-state index is 13.3. The minimum atomic E-state index is -0.297. The first-order valence-electron chi connectivity index (χ1n) is 6.04. The summed E-state index contributed by atoms with van der Waals surface area (Å²) < 4.78 is 14.2. The Kier molecular flexibility index (Phi) is 2.67. The number of pyridine rings is 1. The molecule has 2 aromatic carbocycles. The van der Waals surface area contributed by atoms with Crippen LogP contribution >= 0.6 is 0 Å². The highest BCUT2D eigenvalue weighted by molar-refractivity contribution is 5.86. The van der Waals surface area contributed by atoms with Gasteiger partial charge in [-0.1, -0.05) is 18.2 Å². The monoisotopic (exact) mass is 253 g/mol. The van der Waals surface area contributed by atoms with Crippen molar-refractivity contribution in [3.63, 3.8) is 0 Å². The summed E-state index contributed by atoms with van der Waals surface area (Å²) in [4.78, 5) is 0. The molecule has 2 nitrogen and oxygen atoms in total. The van der Waals surface area contributed by atoms with E-state index in [0.29, 0.717) is 11.4 Å². The van der Waals surface area contributed by atoms with Crippen LogP contribution in [0.5, 0.6) is 0 Å². The van der Waals surface area contributed by atoms with E-state index in [9.17, 15) is 9.60 Å². The Balaban J connectivity index is 2.35. The quantitative estimate of drug-likeness (QED) is 0.481. The van der Waals surface area contributed by atoms with Crippen molar-refractivity contribution in [1.29, 1.82) is 0 Å². The lowest BCUT2D eigenvalue weighted by molar-refractivity contribution is -0.599. The Labute approximate surface area is 110 Å². The third kappa shape index (κ3) is 1.93. The summed E-state index contributed by atoms with van der Waals surface area (Å²) in [5.74, 6) is -0.297. The van der Waals surface area contributed by atoms with Crippen LogP contribution < -0.4 is 4.73 Å². The molecule has 0 radical (unpaired) electrons. The summed E-state index contributed by atoms with van der Waals surface area (Å²) in [6.07, 6.45) is 0. The van der Waals surface area contributed by atoms with E-state index in [1.54, 1.807) is 19.1 Å². The second kappa shape index (κ2) is 4.35. The molecule has 3 aromatic rings. The van der Waals surface area contributed by atoms with Crippen molar-refractivity contribution in [2.75, 3.05) is 0 Å². The first-order chi connectivity index (χ1) is 9.16. The van der Waals surface area contributed by atoms with Crippen LogP contribution in [-0.4, -0.2) is 0 Å². The van der Waals surface area contributed by atoms with Crippen LogP contribution in [0.15, 0.2) is 54.6 Å². The van der Waals surface area contributed by atoms with E-state index in [2.05, 4.69) is 0 Å².